The molecule has 122 valence electrons. The highest BCUT2D eigenvalue weighted by atomic mass is 32.1. The number of hydrogen-bond donors (Lipinski definition) is 0. The number of esters is 1. The molecule has 0 saturated heterocycles. The SMILES string of the molecule is COC(=O)c1sc(C#CC(C)(C)C)cc1N(C)c1nccn1C. The molecule has 0 atom stereocenters. The van der Waals surface area contributed by atoms with E-state index < -0.39 is 0 Å². The minimum absolute atomic E-state index is 0.0961. The zero-order chi connectivity index (χ0) is 17.2. The standard InChI is InChI=1S/C17H21N3O2S/c1-17(2,3)8-7-12-11-13(14(23-12)15(21)22-6)20(5)16-18-9-10-19(16)4/h9-11H,1-6H3. The summed E-state index contributed by atoms with van der Waals surface area (Å²) in [7, 11) is 5.16. The fourth-order valence-electron chi connectivity index (χ4n) is 1.97. The van der Waals surface area contributed by atoms with Gasteiger partial charge in [-0.25, -0.2) is 9.78 Å². The predicted molar refractivity (Wildman–Crippen MR) is 93.3 cm³/mol. The zero-order valence-corrected chi connectivity index (χ0v) is 15.1. The van der Waals surface area contributed by atoms with Crippen LogP contribution in [0, 0.1) is 17.3 Å². The molecule has 2 heterocycles. The van der Waals surface area contributed by atoms with Crippen molar-refractivity contribution in [2.75, 3.05) is 19.1 Å². The topological polar surface area (TPSA) is 47.4 Å². The number of nitrogens with zero attached hydrogens (tertiary/aromatic N) is 3. The number of hydrogen-bond acceptors (Lipinski definition) is 5. The van der Waals surface area contributed by atoms with Gasteiger partial charge in [0.05, 0.1) is 17.7 Å². The van der Waals surface area contributed by atoms with Crippen molar-refractivity contribution in [3.05, 3.63) is 28.2 Å². The Hall–Kier alpha value is -2.26. The van der Waals surface area contributed by atoms with Crippen molar-refractivity contribution in [1.82, 2.24) is 9.55 Å². The molecular formula is C17H21N3O2S. The Morgan fingerprint density at radius 3 is 2.65 bits per heavy atom. The van der Waals surface area contributed by atoms with Gasteiger partial charge in [-0.1, -0.05) is 11.8 Å². The lowest BCUT2D eigenvalue weighted by molar-refractivity contribution is 0.0607. The third-order valence-corrected chi connectivity index (χ3v) is 4.12. The Balaban J connectivity index is 2.48. The van der Waals surface area contributed by atoms with Crippen LogP contribution in [0.15, 0.2) is 18.5 Å². The normalized spacial score (nSPS) is 10.9. The predicted octanol–water partition coefficient (Wildman–Crippen LogP) is 3.43. The molecule has 0 saturated carbocycles. The highest BCUT2D eigenvalue weighted by Gasteiger charge is 2.22. The number of rotatable bonds is 3. The summed E-state index contributed by atoms with van der Waals surface area (Å²) in [6.07, 6.45) is 3.58. The number of carbonyl (C=O) groups excluding carboxylic acids is 1. The molecule has 0 fully saturated rings. The number of aromatic nitrogens is 2. The van der Waals surface area contributed by atoms with Crippen LogP contribution in [-0.2, 0) is 11.8 Å². The summed E-state index contributed by atoms with van der Waals surface area (Å²) in [6, 6.07) is 1.91. The van der Waals surface area contributed by atoms with E-state index in [2.05, 4.69) is 37.6 Å². The quantitative estimate of drug-likeness (QED) is 0.638. The molecule has 0 amide bonds. The first kappa shape index (κ1) is 17.1. The molecule has 5 nitrogen and oxygen atoms in total. The second-order valence-electron chi connectivity index (χ2n) is 6.21. The Morgan fingerprint density at radius 2 is 2.13 bits per heavy atom. The zero-order valence-electron chi connectivity index (χ0n) is 14.3. The van der Waals surface area contributed by atoms with E-state index in [1.54, 1.807) is 6.20 Å². The van der Waals surface area contributed by atoms with E-state index in [-0.39, 0.29) is 11.4 Å². The Bertz CT molecular complexity index is 772. The van der Waals surface area contributed by atoms with Crippen molar-refractivity contribution in [3.8, 4) is 11.8 Å². The van der Waals surface area contributed by atoms with Crippen LogP contribution in [0.2, 0.25) is 0 Å². The van der Waals surface area contributed by atoms with Crippen LogP contribution >= 0.6 is 11.3 Å². The Labute approximate surface area is 140 Å². The molecule has 23 heavy (non-hydrogen) atoms. The van der Waals surface area contributed by atoms with Gasteiger partial charge < -0.3 is 14.2 Å². The van der Waals surface area contributed by atoms with Crippen LogP contribution < -0.4 is 4.90 Å². The molecule has 0 N–H and O–H groups in total. The number of aryl methyl sites for hydroxylation is 1. The monoisotopic (exact) mass is 331 g/mol. The van der Waals surface area contributed by atoms with Crippen LogP contribution in [-0.4, -0.2) is 29.7 Å². The number of ether oxygens (including phenoxy) is 1. The molecule has 0 bridgehead atoms. The second kappa shape index (κ2) is 6.47. The van der Waals surface area contributed by atoms with Crippen LogP contribution in [0.3, 0.4) is 0 Å². The maximum Gasteiger partial charge on any atom is 0.350 e. The Kier molecular flexibility index (Phi) is 4.81. The minimum atomic E-state index is -0.366. The molecule has 0 aliphatic carbocycles. The second-order valence-corrected chi connectivity index (χ2v) is 7.27. The molecule has 0 spiro atoms. The molecule has 2 rings (SSSR count). The van der Waals surface area contributed by atoms with E-state index in [0.717, 1.165) is 16.5 Å². The van der Waals surface area contributed by atoms with Crippen molar-refractivity contribution < 1.29 is 9.53 Å². The van der Waals surface area contributed by atoms with E-state index >= 15 is 0 Å². The van der Waals surface area contributed by atoms with Gasteiger partial charge in [-0.3, -0.25) is 0 Å². The van der Waals surface area contributed by atoms with E-state index in [4.69, 9.17) is 4.74 Å². The summed E-state index contributed by atoms with van der Waals surface area (Å²) in [5.74, 6) is 6.71. The van der Waals surface area contributed by atoms with Gasteiger partial charge in [0.1, 0.15) is 4.88 Å². The van der Waals surface area contributed by atoms with Gasteiger partial charge in [-0.05, 0) is 26.8 Å². The first-order valence-corrected chi connectivity index (χ1v) is 8.01. The molecule has 2 aromatic heterocycles. The van der Waals surface area contributed by atoms with Crippen LogP contribution in [0.4, 0.5) is 11.6 Å². The van der Waals surface area contributed by atoms with Crippen molar-refractivity contribution in [2.45, 2.75) is 20.8 Å². The third kappa shape index (κ3) is 3.93. The number of carbonyl (C=O) groups is 1. The summed E-state index contributed by atoms with van der Waals surface area (Å²) in [5.41, 5.74) is 0.649. The fraction of sp³-hybridized carbons (Fsp3) is 0.412. The molecule has 0 aliphatic rings. The van der Waals surface area contributed by atoms with E-state index in [9.17, 15) is 4.79 Å². The minimum Gasteiger partial charge on any atom is -0.465 e. The lowest BCUT2D eigenvalue weighted by Gasteiger charge is -2.17. The highest BCUT2D eigenvalue weighted by molar-refractivity contribution is 7.15. The van der Waals surface area contributed by atoms with Gasteiger partial charge >= 0.3 is 5.97 Å². The molecule has 0 radical (unpaired) electrons. The average molecular weight is 331 g/mol. The van der Waals surface area contributed by atoms with Crippen molar-refractivity contribution in [2.24, 2.45) is 12.5 Å². The smallest absolute Gasteiger partial charge is 0.350 e. The summed E-state index contributed by atoms with van der Waals surface area (Å²) >= 11 is 1.34. The number of thiophene rings is 1. The molecule has 6 heteroatoms. The highest BCUT2D eigenvalue weighted by Crippen LogP contribution is 2.33. The van der Waals surface area contributed by atoms with Gasteiger partial charge in [0, 0.05) is 31.9 Å². The lowest BCUT2D eigenvalue weighted by Crippen LogP contribution is -2.16. The van der Waals surface area contributed by atoms with E-state index in [1.165, 1.54) is 18.4 Å². The summed E-state index contributed by atoms with van der Waals surface area (Å²) < 4.78 is 6.79. The number of methoxy groups -OCH3 is 1. The molecule has 0 aliphatic heterocycles. The third-order valence-electron chi connectivity index (χ3n) is 3.10. The van der Waals surface area contributed by atoms with Crippen LogP contribution in [0.25, 0.3) is 0 Å². The molecule has 2 aromatic rings. The number of anilines is 2. The summed E-state index contributed by atoms with van der Waals surface area (Å²) in [6.45, 7) is 6.15. The van der Waals surface area contributed by atoms with Gasteiger partial charge in [0.15, 0.2) is 0 Å². The Morgan fingerprint density at radius 1 is 1.43 bits per heavy atom. The van der Waals surface area contributed by atoms with E-state index in [0.29, 0.717) is 4.88 Å². The maximum absolute atomic E-state index is 12.1. The molecule has 0 aromatic carbocycles. The fourth-order valence-corrected chi connectivity index (χ4v) is 2.93. The van der Waals surface area contributed by atoms with Gasteiger partial charge in [-0.2, -0.15) is 0 Å². The first-order chi connectivity index (χ1) is 10.7. The summed E-state index contributed by atoms with van der Waals surface area (Å²) in [4.78, 5) is 19.6. The molecular weight excluding hydrogens is 310 g/mol. The van der Waals surface area contributed by atoms with E-state index in [1.807, 2.05) is 35.8 Å². The molecule has 0 unspecified atom stereocenters. The maximum atomic E-state index is 12.1. The van der Waals surface area contributed by atoms with Gasteiger partial charge in [-0.15, -0.1) is 11.3 Å². The summed E-state index contributed by atoms with van der Waals surface area (Å²) in [5, 5.41) is 0. The largest absolute Gasteiger partial charge is 0.465 e. The van der Waals surface area contributed by atoms with Crippen molar-refractivity contribution in [3.63, 3.8) is 0 Å². The lowest BCUT2D eigenvalue weighted by atomic mass is 9.98. The van der Waals surface area contributed by atoms with Crippen molar-refractivity contribution >= 4 is 28.9 Å². The van der Waals surface area contributed by atoms with Crippen LogP contribution in [0.1, 0.15) is 35.3 Å². The van der Waals surface area contributed by atoms with Gasteiger partial charge in [0.25, 0.3) is 0 Å². The van der Waals surface area contributed by atoms with Crippen molar-refractivity contribution in [1.29, 1.82) is 0 Å². The average Bonchev–Trinajstić information content (AvgIpc) is 3.09. The van der Waals surface area contributed by atoms with Crippen LogP contribution in [0.5, 0.6) is 0 Å². The number of imidazole rings is 1. The van der Waals surface area contributed by atoms with Gasteiger partial charge in [0.2, 0.25) is 5.95 Å². The first-order valence-electron chi connectivity index (χ1n) is 7.19.